The predicted octanol–water partition coefficient (Wildman–Crippen LogP) is 0.668. The fraction of sp³-hybridized carbons (Fsp3) is 1.00. The maximum Gasteiger partial charge on any atom is 0.0849 e. The Bertz CT molecular complexity index is 172. The minimum Gasteiger partial charge on any atom is -0.388 e. The molecule has 2 fully saturated rings. The maximum absolute atomic E-state index is 10.2. The lowest BCUT2D eigenvalue weighted by molar-refractivity contribution is -0.151. The second kappa shape index (κ2) is 3.56. The van der Waals surface area contributed by atoms with Gasteiger partial charge in [0.05, 0.1) is 11.7 Å². The Morgan fingerprint density at radius 2 is 2.31 bits per heavy atom. The van der Waals surface area contributed by atoms with Crippen LogP contribution < -0.4 is 5.32 Å². The highest BCUT2D eigenvalue weighted by Gasteiger charge is 2.49. The third kappa shape index (κ3) is 1.73. The van der Waals surface area contributed by atoms with Crippen molar-refractivity contribution in [2.75, 3.05) is 13.2 Å². The van der Waals surface area contributed by atoms with Gasteiger partial charge in [0.25, 0.3) is 0 Å². The molecule has 0 bridgehead atoms. The van der Waals surface area contributed by atoms with Gasteiger partial charge < -0.3 is 15.2 Å². The zero-order valence-corrected chi connectivity index (χ0v) is 8.25. The summed E-state index contributed by atoms with van der Waals surface area (Å²) in [6.07, 6.45) is 4.26. The van der Waals surface area contributed by atoms with E-state index >= 15 is 0 Å². The minimum atomic E-state index is -0.462. The Morgan fingerprint density at radius 1 is 1.54 bits per heavy atom. The third-order valence-electron chi connectivity index (χ3n) is 3.27. The van der Waals surface area contributed by atoms with Gasteiger partial charge in [-0.05, 0) is 26.3 Å². The van der Waals surface area contributed by atoms with E-state index in [-0.39, 0.29) is 0 Å². The Morgan fingerprint density at radius 3 is 2.85 bits per heavy atom. The van der Waals surface area contributed by atoms with Crippen molar-refractivity contribution in [3.05, 3.63) is 0 Å². The SMILES string of the molecule is CCOC1CC(O)(C2CCCN2)C1. The lowest BCUT2D eigenvalue weighted by Gasteiger charge is -2.47. The van der Waals surface area contributed by atoms with Crippen LogP contribution in [-0.2, 0) is 4.74 Å². The van der Waals surface area contributed by atoms with Crippen LogP contribution in [0.4, 0.5) is 0 Å². The van der Waals surface area contributed by atoms with E-state index in [1.54, 1.807) is 0 Å². The first kappa shape index (κ1) is 9.44. The van der Waals surface area contributed by atoms with Crippen molar-refractivity contribution in [2.24, 2.45) is 0 Å². The predicted molar refractivity (Wildman–Crippen MR) is 50.6 cm³/mol. The number of hydrogen-bond donors (Lipinski definition) is 2. The zero-order valence-electron chi connectivity index (χ0n) is 8.25. The fourth-order valence-electron chi connectivity index (χ4n) is 2.51. The van der Waals surface area contributed by atoms with E-state index in [1.807, 2.05) is 6.92 Å². The molecule has 13 heavy (non-hydrogen) atoms. The molecule has 1 heterocycles. The van der Waals surface area contributed by atoms with Crippen LogP contribution in [0.25, 0.3) is 0 Å². The molecule has 1 atom stereocenters. The van der Waals surface area contributed by atoms with Crippen molar-refractivity contribution in [3.63, 3.8) is 0 Å². The van der Waals surface area contributed by atoms with Gasteiger partial charge in [-0.15, -0.1) is 0 Å². The normalized spacial score (nSPS) is 44.8. The first-order valence-electron chi connectivity index (χ1n) is 5.32. The molecular formula is C10H19NO2. The first-order valence-corrected chi connectivity index (χ1v) is 5.32. The highest BCUT2D eigenvalue weighted by atomic mass is 16.5. The van der Waals surface area contributed by atoms with Gasteiger partial charge in [-0.3, -0.25) is 0 Å². The molecule has 1 aliphatic heterocycles. The smallest absolute Gasteiger partial charge is 0.0849 e. The van der Waals surface area contributed by atoms with Crippen molar-refractivity contribution in [2.45, 2.75) is 50.4 Å². The highest BCUT2D eigenvalue weighted by Crippen LogP contribution is 2.39. The fourth-order valence-corrected chi connectivity index (χ4v) is 2.51. The van der Waals surface area contributed by atoms with E-state index in [2.05, 4.69) is 5.32 Å². The van der Waals surface area contributed by atoms with Gasteiger partial charge in [0.15, 0.2) is 0 Å². The summed E-state index contributed by atoms with van der Waals surface area (Å²) in [6, 6.07) is 0.323. The van der Waals surface area contributed by atoms with E-state index in [0.29, 0.717) is 12.1 Å². The van der Waals surface area contributed by atoms with E-state index in [9.17, 15) is 5.11 Å². The molecule has 0 aromatic rings. The van der Waals surface area contributed by atoms with Gasteiger partial charge in [0, 0.05) is 25.5 Å². The van der Waals surface area contributed by atoms with Crippen LogP contribution in [0.15, 0.2) is 0 Å². The molecule has 1 aliphatic carbocycles. The number of hydrogen-bond acceptors (Lipinski definition) is 3. The lowest BCUT2D eigenvalue weighted by Crippen LogP contribution is -2.59. The van der Waals surface area contributed by atoms with E-state index in [0.717, 1.165) is 32.4 Å². The molecule has 76 valence electrons. The molecule has 1 unspecified atom stereocenters. The molecule has 2 N–H and O–H groups in total. The molecule has 0 radical (unpaired) electrons. The molecule has 3 heteroatoms. The van der Waals surface area contributed by atoms with E-state index in [1.165, 1.54) is 6.42 Å². The van der Waals surface area contributed by atoms with Crippen molar-refractivity contribution >= 4 is 0 Å². The van der Waals surface area contributed by atoms with Crippen molar-refractivity contribution < 1.29 is 9.84 Å². The van der Waals surface area contributed by atoms with Crippen LogP contribution in [0.3, 0.4) is 0 Å². The monoisotopic (exact) mass is 185 g/mol. The Labute approximate surface area is 79.5 Å². The second-order valence-electron chi connectivity index (χ2n) is 4.24. The first-order chi connectivity index (χ1) is 6.24. The molecule has 2 rings (SSSR count). The van der Waals surface area contributed by atoms with Gasteiger partial charge in [0.1, 0.15) is 0 Å². The molecule has 3 nitrogen and oxygen atoms in total. The van der Waals surface area contributed by atoms with Gasteiger partial charge in [-0.2, -0.15) is 0 Å². The summed E-state index contributed by atoms with van der Waals surface area (Å²) in [5.74, 6) is 0. The average molecular weight is 185 g/mol. The lowest BCUT2D eigenvalue weighted by atomic mass is 9.72. The van der Waals surface area contributed by atoms with Crippen LogP contribution in [-0.4, -0.2) is 36.0 Å². The van der Waals surface area contributed by atoms with Crippen LogP contribution in [0.1, 0.15) is 32.6 Å². The highest BCUT2D eigenvalue weighted by molar-refractivity contribution is 5.04. The Kier molecular flexibility index (Phi) is 2.58. The molecule has 0 amide bonds. The number of nitrogens with one attached hydrogen (secondary N) is 1. The summed E-state index contributed by atoms with van der Waals surface area (Å²) >= 11 is 0. The van der Waals surface area contributed by atoms with Crippen LogP contribution in [0.5, 0.6) is 0 Å². The summed E-state index contributed by atoms with van der Waals surface area (Å²) in [6.45, 7) is 3.83. The zero-order chi connectivity index (χ0) is 9.31. The van der Waals surface area contributed by atoms with Crippen LogP contribution >= 0.6 is 0 Å². The third-order valence-corrected chi connectivity index (χ3v) is 3.27. The number of aliphatic hydroxyl groups is 1. The largest absolute Gasteiger partial charge is 0.388 e. The molecule has 0 spiro atoms. The summed E-state index contributed by atoms with van der Waals surface area (Å²) in [5.41, 5.74) is -0.462. The van der Waals surface area contributed by atoms with Crippen molar-refractivity contribution in [1.29, 1.82) is 0 Å². The van der Waals surface area contributed by atoms with E-state index < -0.39 is 5.60 Å². The van der Waals surface area contributed by atoms with Crippen molar-refractivity contribution in [3.8, 4) is 0 Å². The Hall–Kier alpha value is -0.120. The summed E-state index contributed by atoms with van der Waals surface area (Å²) < 4.78 is 5.45. The topological polar surface area (TPSA) is 41.5 Å². The summed E-state index contributed by atoms with van der Waals surface area (Å²) in [7, 11) is 0. The minimum absolute atomic E-state index is 0.303. The molecule has 1 saturated carbocycles. The molecule has 1 saturated heterocycles. The number of rotatable bonds is 3. The van der Waals surface area contributed by atoms with Crippen LogP contribution in [0, 0.1) is 0 Å². The summed E-state index contributed by atoms with van der Waals surface area (Å²) in [4.78, 5) is 0. The molecule has 2 aliphatic rings. The average Bonchev–Trinajstić information content (AvgIpc) is 2.53. The van der Waals surface area contributed by atoms with Gasteiger partial charge in [-0.1, -0.05) is 0 Å². The second-order valence-corrected chi connectivity index (χ2v) is 4.24. The van der Waals surface area contributed by atoms with E-state index in [4.69, 9.17) is 4.74 Å². The quantitative estimate of drug-likeness (QED) is 0.679. The molecule has 0 aromatic heterocycles. The molecule has 0 aromatic carbocycles. The van der Waals surface area contributed by atoms with Gasteiger partial charge in [-0.25, -0.2) is 0 Å². The standard InChI is InChI=1S/C10H19NO2/c1-2-13-8-6-10(12,7-8)9-4-3-5-11-9/h8-9,11-12H,2-7H2,1H3. The van der Waals surface area contributed by atoms with Gasteiger partial charge >= 0.3 is 0 Å². The van der Waals surface area contributed by atoms with Crippen LogP contribution in [0.2, 0.25) is 0 Å². The summed E-state index contributed by atoms with van der Waals surface area (Å²) in [5, 5.41) is 13.5. The number of ether oxygens (including phenoxy) is 1. The van der Waals surface area contributed by atoms with Gasteiger partial charge in [0.2, 0.25) is 0 Å². The molecular weight excluding hydrogens is 166 g/mol. The maximum atomic E-state index is 10.2. The van der Waals surface area contributed by atoms with Crippen molar-refractivity contribution in [1.82, 2.24) is 5.32 Å². The Balaban J connectivity index is 1.80.